The van der Waals surface area contributed by atoms with Crippen molar-refractivity contribution in [3.63, 3.8) is 0 Å². The third-order valence-electron chi connectivity index (χ3n) is 9.05. The summed E-state index contributed by atoms with van der Waals surface area (Å²) in [6.07, 6.45) is 3.80. The van der Waals surface area contributed by atoms with Crippen LogP contribution in [0.5, 0.6) is 11.8 Å². The monoisotopic (exact) mass is 593 g/mol. The van der Waals surface area contributed by atoms with Crippen molar-refractivity contribution < 1.29 is 23.0 Å². The zero-order chi connectivity index (χ0) is 30.1. The van der Waals surface area contributed by atoms with Gasteiger partial charge in [0.1, 0.15) is 18.2 Å². The van der Waals surface area contributed by atoms with Crippen LogP contribution in [0.4, 0.5) is 20.3 Å². The van der Waals surface area contributed by atoms with Gasteiger partial charge in [0.25, 0.3) is 5.92 Å². The first-order valence-electron chi connectivity index (χ1n) is 15.0. The normalized spacial score (nSPS) is 23.2. The van der Waals surface area contributed by atoms with Gasteiger partial charge in [-0.15, -0.1) is 0 Å². The highest BCUT2D eigenvalue weighted by atomic mass is 19.3. The molecule has 43 heavy (non-hydrogen) atoms. The van der Waals surface area contributed by atoms with Crippen molar-refractivity contribution in [2.75, 3.05) is 62.8 Å². The number of piperazine rings is 1. The number of rotatable bonds is 7. The molecular weight excluding hydrogens is 556 g/mol. The van der Waals surface area contributed by atoms with Gasteiger partial charge < -0.3 is 29.1 Å². The molecule has 4 aliphatic heterocycles. The van der Waals surface area contributed by atoms with Gasteiger partial charge in [-0.25, -0.2) is 8.78 Å². The molecule has 0 saturated carbocycles. The molecule has 12 heteroatoms. The highest BCUT2D eigenvalue weighted by molar-refractivity contribution is 5.87. The molecule has 1 aromatic heterocycles. The van der Waals surface area contributed by atoms with Crippen LogP contribution in [0.3, 0.4) is 0 Å². The first-order chi connectivity index (χ1) is 20.8. The van der Waals surface area contributed by atoms with Crippen molar-refractivity contribution in [3.05, 3.63) is 47.7 Å². The van der Waals surface area contributed by atoms with E-state index in [2.05, 4.69) is 29.5 Å². The third-order valence-corrected chi connectivity index (χ3v) is 9.05. The summed E-state index contributed by atoms with van der Waals surface area (Å²) in [6, 6.07) is 7.49. The van der Waals surface area contributed by atoms with E-state index in [9.17, 15) is 10.1 Å². The van der Waals surface area contributed by atoms with Crippen molar-refractivity contribution in [3.8, 4) is 17.8 Å². The molecule has 2 fully saturated rings. The van der Waals surface area contributed by atoms with Crippen molar-refractivity contribution >= 4 is 17.4 Å². The molecular formula is C31H37F2N7O3. The second kappa shape index (κ2) is 12.0. The molecule has 2 saturated heterocycles. The SMILES string of the molecule is C=CC(=O)N1CCN(c2nc(OC[C@@H]3CCCN3C)nc3c2CCN(c2cccc4c2C(F)(F)CCO4)C3)C[C@@H]1CC#N. The number of likely N-dealkylation sites (N-methyl/N-ethyl adjacent to an activating group) is 1. The van der Waals surface area contributed by atoms with Crippen LogP contribution in [0.1, 0.15) is 42.5 Å². The third kappa shape index (κ3) is 5.70. The summed E-state index contributed by atoms with van der Waals surface area (Å²) in [7, 11) is 2.08. The lowest BCUT2D eigenvalue weighted by Crippen LogP contribution is -2.55. The summed E-state index contributed by atoms with van der Waals surface area (Å²) in [6.45, 7) is 7.26. The number of carbonyl (C=O) groups is 1. The lowest BCUT2D eigenvalue weighted by molar-refractivity contribution is -0.128. The molecule has 5 heterocycles. The zero-order valence-corrected chi connectivity index (χ0v) is 24.5. The predicted molar refractivity (Wildman–Crippen MR) is 157 cm³/mol. The number of carbonyl (C=O) groups excluding carboxylic acids is 1. The van der Waals surface area contributed by atoms with Crippen LogP contribution in [-0.2, 0) is 23.7 Å². The number of aromatic nitrogens is 2. The molecule has 228 valence electrons. The molecule has 2 atom stereocenters. The Labute approximate surface area is 250 Å². The standard InChI is InChI=1S/C31H37F2N7O3/c1-3-27(41)40-16-15-39(18-21(40)9-12-34)29-23-10-14-38(25-7-4-8-26-28(25)31(32,33)11-17-42-26)19-24(23)35-30(36-29)43-20-22-6-5-13-37(22)2/h3-4,7-8,21-22H,1,5-6,9-11,13-20H2,2H3/t21-,22-/m0/s1. The van der Waals surface area contributed by atoms with Gasteiger partial charge in [-0.2, -0.15) is 15.2 Å². The second-order valence-corrected chi connectivity index (χ2v) is 11.7. The van der Waals surface area contributed by atoms with E-state index < -0.39 is 5.92 Å². The molecule has 0 radical (unpaired) electrons. The van der Waals surface area contributed by atoms with Crippen LogP contribution in [0.2, 0.25) is 0 Å². The van der Waals surface area contributed by atoms with E-state index in [-0.39, 0.29) is 54.8 Å². The number of hydrogen-bond acceptors (Lipinski definition) is 9. The fourth-order valence-corrected chi connectivity index (χ4v) is 6.70. The number of benzene rings is 1. The van der Waals surface area contributed by atoms with Gasteiger partial charge in [-0.1, -0.05) is 12.6 Å². The van der Waals surface area contributed by atoms with Gasteiger partial charge >= 0.3 is 6.01 Å². The van der Waals surface area contributed by atoms with Crippen molar-refractivity contribution in [2.45, 2.75) is 56.7 Å². The number of anilines is 2. The number of halogens is 2. The van der Waals surface area contributed by atoms with Gasteiger partial charge in [-0.05, 0) is 51.1 Å². The van der Waals surface area contributed by atoms with E-state index >= 15 is 8.78 Å². The van der Waals surface area contributed by atoms with E-state index in [1.54, 1.807) is 23.1 Å². The second-order valence-electron chi connectivity index (χ2n) is 11.7. The van der Waals surface area contributed by atoms with Crippen LogP contribution in [0.15, 0.2) is 30.9 Å². The number of nitriles is 1. The van der Waals surface area contributed by atoms with Gasteiger partial charge in [-0.3, -0.25) is 4.79 Å². The Bertz CT molecular complexity index is 1430. The quantitative estimate of drug-likeness (QED) is 0.447. The number of hydrogen-bond donors (Lipinski definition) is 0. The van der Waals surface area contributed by atoms with E-state index in [0.29, 0.717) is 51.4 Å². The summed E-state index contributed by atoms with van der Waals surface area (Å²) in [5, 5.41) is 9.49. The molecule has 6 rings (SSSR count). The van der Waals surface area contributed by atoms with Crippen molar-refractivity contribution in [2.24, 2.45) is 0 Å². The molecule has 0 aliphatic carbocycles. The average Bonchev–Trinajstić information content (AvgIpc) is 3.43. The molecule has 0 N–H and O–H groups in total. The smallest absolute Gasteiger partial charge is 0.318 e. The molecule has 2 aromatic rings. The predicted octanol–water partition coefficient (Wildman–Crippen LogP) is 3.50. The number of amides is 1. The minimum absolute atomic E-state index is 0.0157. The van der Waals surface area contributed by atoms with Gasteiger partial charge in [0.15, 0.2) is 0 Å². The zero-order valence-electron chi connectivity index (χ0n) is 24.5. The number of fused-ring (bicyclic) bond motifs is 2. The summed E-state index contributed by atoms with van der Waals surface area (Å²) in [5.41, 5.74) is 2.05. The maximum absolute atomic E-state index is 15.2. The minimum Gasteiger partial charge on any atom is -0.493 e. The lowest BCUT2D eigenvalue weighted by Gasteiger charge is -2.42. The van der Waals surface area contributed by atoms with Gasteiger partial charge in [0.05, 0.1) is 55.0 Å². The maximum Gasteiger partial charge on any atom is 0.318 e. The number of likely N-dealkylation sites (tertiary alicyclic amines) is 1. The maximum atomic E-state index is 15.2. The van der Waals surface area contributed by atoms with E-state index in [0.717, 1.165) is 36.5 Å². The molecule has 1 amide bonds. The number of ether oxygens (including phenoxy) is 2. The highest BCUT2D eigenvalue weighted by Gasteiger charge is 2.42. The molecule has 1 aromatic carbocycles. The molecule has 10 nitrogen and oxygen atoms in total. The topological polar surface area (TPSA) is 98.1 Å². The Balaban J connectivity index is 1.33. The molecule has 0 bridgehead atoms. The minimum atomic E-state index is -2.98. The van der Waals surface area contributed by atoms with Crippen molar-refractivity contribution in [1.82, 2.24) is 19.8 Å². The summed E-state index contributed by atoms with van der Waals surface area (Å²) in [4.78, 5) is 30.2. The fraction of sp³-hybridized carbons (Fsp3) is 0.548. The van der Waals surface area contributed by atoms with Crippen LogP contribution >= 0.6 is 0 Å². The van der Waals surface area contributed by atoms with Gasteiger partial charge in [0.2, 0.25) is 5.91 Å². The Morgan fingerprint density at radius 1 is 1.23 bits per heavy atom. The molecule has 0 spiro atoms. The average molecular weight is 594 g/mol. The Kier molecular flexibility index (Phi) is 8.09. The summed E-state index contributed by atoms with van der Waals surface area (Å²) < 4.78 is 42.1. The summed E-state index contributed by atoms with van der Waals surface area (Å²) >= 11 is 0. The Morgan fingerprint density at radius 3 is 2.86 bits per heavy atom. The van der Waals surface area contributed by atoms with E-state index in [4.69, 9.17) is 19.4 Å². The van der Waals surface area contributed by atoms with E-state index in [1.165, 1.54) is 6.08 Å². The van der Waals surface area contributed by atoms with Crippen LogP contribution in [0.25, 0.3) is 0 Å². The Hall–Kier alpha value is -3.98. The Morgan fingerprint density at radius 2 is 2.09 bits per heavy atom. The molecule has 0 unspecified atom stereocenters. The van der Waals surface area contributed by atoms with E-state index in [1.807, 2.05) is 4.90 Å². The number of nitrogens with zero attached hydrogens (tertiary/aromatic N) is 7. The molecule has 4 aliphatic rings. The van der Waals surface area contributed by atoms with Crippen LogP contribution < -0.4 is 19.3 Å². The largest absolute Gasteiger partial charge is 0.493 e. The van der Waals surface area contributed by atoms with Crippen molar-refractivity contribution in [1.29, 1.82) is 5.26 Å². The first-order valence-corrected chi connectivity index (χ1v) is 15.0. The first kappa shape index (κ1) is 29.1. The summed E-state index contributed by atoms with van der Waals surface area (Å²) in [5.74, 6) is -2.24. The lowest BCUT2D eigenvalue weighted by atomic mass is 9.97. The van der Waals surface area contributed by atoms with Crippen LogP contribution in [-0.4, -0.2) is 90.7 Å². The number of alkyl halides is 2. The fourth-order valence-electron chi connectivity index (χ4n) is 6.70. The van der Waals surface area contributed by atoms with Crippen LogP contribution in [0, 0.1) is 11.3 Å². The van der Waals surface area contributed by atoms with Gasteiger partial charge in [0, 0.05) is 37.8 Å². The highest BCUT2D eigenvalue weighted by Crippen LogP contribution is 2.47.